The van der Waals surface area contributed by atoms with E-state index in [-0.39, 0.29) is 23.4 Å². The summed E-state index contributed by atoms with van der Waals surface area (Å²) in [5.41, 5.74) is 1.46. The number of hydrogen-bond acceptors (Lipinski definition) is 7. The van der Waals surface area contributed by atoms with E-state index in [1.807, 2.05) is 28.0 Å². The summed E-state index contributed by atoms with van der Waals surface area (Å²) >= 11 is 0. The molecule has 0 saturated carbocycles. The second-order valence-corrected chi connectivity index (χ2v) is 8.89. The standard InChI is InChI=1S/C24H30FN3O3.C2H2O4/c1-31-22-8-4-5-19(23(22)29)17-26-11-9-18(10-12-26)24(30)28-15-13-27(14-16-28)21-7-3-2-6-20(21)25;3-1(4)2(5)6/h2-8,18,29H,9-17H2,1H3;(H,3,4)(H,5,6). The number of benzene rings is 2. The van der Waals surface area contributed by atoms with Crippen LogP contribution in [0.15, 0.2) is 42.5 Å². The van der Waals surface area contributed by atoms with Crippen LogP contribution in [0.25, 0.3) is 0 Å². The van der Waals surface area contributed by atoms with Gasteiger partial charge in [-0.3, -0.25) is 9.69 Å². The van der Waals surface area contributed by atoms with Crippen molar-refractivity contribution >= 4 is 23.5 Å². The van der Waals surface area contributed by atoms with Crippen molar-refractivity contribution in [3.8, 4) is 11.5 Å². The van der Waals surface area contributed by atoms with E-state index in [4.69, 9.17) is 24.5 Å². The van der Waals surface area contributed by atoms with E-state index in [2.05, 4.69) is 4.90 Å². The number of hydrogen-bond donors (Lipinski definition) is 3. The van der Waals surface area contributed by atoms with Gasteiger partial charge in [0, 0.05) is 44.2 Å². The first kappa shape index (κ1) is 27.7. The van der Waals surface area contributed by atoms with Gasteiger partial charge in [0.1, 0.15) is 5.82 Å². The average molecular weight is 518 g/mol. The molecule has 2 aromatic carbocycles. The maximum Gasteiger partial charge on any atom is 0.414 e. The number of rotatable bonds is 5. The molecule has 200 valence electrons. The Morgan fingerprint density at radius 2 is 1.54 bits per heavy atom. The highest BCUT2D eigenvalue weighted by molar-refractivity contribution is 6.27. The Balaban J connectivity index is 0.000000568. The van der Waals surface area contributed by atoms with Gasteiger partial charge in [-0.2, -0.15) is 0 Å². The number of carboxylic acids is 2. The predicted molar refractivity (Wildman–Crippen MR) is 133 cm³/mol. The summed E-state index contributed by atoms with van der Waals surface area (Å²) in [5, 5.41) is 25.1. The number of phenols is 1. The lowest BCUT2D eigenvalue weighted by atomic mass is 9.94. The molecule has 2 fully saturated rings. The van der Waals surface area contributed by atoms with Crippen molar-refractivity contribution in [3.63, 3.8) is 0 Å². The van der Waals surface area contributed by atoms with E-state index in [0.717, 1.165) is 31.5 Å². The third kappa shape index (κ3) is 7.32. The van der Waals surface area contributed by atoms with Crippen LogP contribution in [0, 0.1) is 11.7 Å². The van der Waals surface area contributed by atoms with Crippen molar-refractivity contribution in [3.05, 3.63) is 53.8 Å². The number of carbonyl (C=O) groups excluding carboxylic acids is 1. The summed E-state index contributed by atoms with van der Waals surface area (Å²) in [7, 11) is 1.55. The molecule has 11 heteroatoms. The van der Waals surface area contributed by atoms with Crippen LogP contribution in [0.2, 0.25) is 0 Å². The number of likely N-dealkylation sites (tertiary alicyclic amines) is 1. The number of halogens is 1. The Morgan fingerprint density at radius 3 is 2.11 bits per heavy atom. The van der Waals surface area contributed by atoms with Crippen LogP contribution in [0.1, 0.15) is 18.4 Å². The molecule has 2 aliphatic heterocycles. The Morgan fingerprint density at radius 1 is 0.919 bits per heavy atom. The van der Waals surface area contributed by atoms with Crippen LogP contribution >= 0.6 is 0 Å². The van der Waals surface area contributed by atoms with Gasteiger partial charge in [0.05, 0.1) is 12.8 Å². The number of carboxylic acid groups (broad SMARTS) is 2. The van der Waals surface area contributed by atoms with Gasteiger partial charge < -0.3 is 29.9 Å². The third-order valence-corrected chi connectivity index (χ3v) is 6.60. The fourth-order valence-corrected chi connectivity index (χ4v) is 4.57. The summed E-state index contributed by atoms with van der Waals surface area (Å²) in [6.07, 6.45) is 1.63. The Hall–Kier alpha value is -3.86. The topological polar surface area (TPSA) is 131 Å². The molecule has 0 bridgehead atoms. The lowest BCUT2D eigenvalue weighted by Crippen LogP contribution is -2.51. The van der Waals surface area contributed by atoms with Crippen LogP contribution in [0.3, 0.4) is 0 Å². The molecule has 0 aliphatic carbocycles. The summed E-state index contributed by atoms with van der Waals surface area (Å²) in [5.74, 6) is -2.93. The molecule has 4 rings (SSSR count). The Kier molecular flexibility index (Phi) is 9.67. The molecule has 0 aromatic heterocycles. The summed E-state index contributed by atoms with van der Waals surface area (Å²) in [6.45, 7) is 4.85. The maximum atomic E-state index is 14.0. The van der Waals surface area contributed by atoms with Gasteiger partial charge in [0.15, 0.2) is 11.5 Å². The lowest BCUT2D eigenvalue weighted by molar-refractivity contribution is -0.159. The van der Waals surface area contributed by atoms with Gasteiger partial charge in [-0.25, -0.2) is 14.0 Å². The molecule has 0 unspecified atom stereocenters. The van der Waals surface area contributed by atoms with Gasteiger partial charge in [0.2, 0.25) is 5.91 Å². The van der Waals surface area contributed by atoms with Crippen LogP contribution in [0.4, 0.5) is 10.1 Å². The fourth-order valence-electron chi connectivity index (χ4n) is 4.57. The number of phenolic OH excluding ortho intramolecular Hbond substituents is 1. The first-order chi connectivity index (χ1) is 17.7. The quantitative estimate of drug-likeness (QED) is 0.511. The number of carbonyl (C=O) groups is 3. The summed E-state index contributed by atoms with van der Waals surface area (Å²) in [6, 6.07) is 12.3. The predicted octanol–water partition coefficient (Wildman–Crippen LogP) is 2.26. The van der Waals surface area contributed by atoms with Gasteiger partial charge in [-0.1, -0.05) is 24.3 Å². The molecular weight excluding hydrogens is 485 g/mol. The van der Waals surface area contributed by atoms with Crippen molar-refractivity contribution in [2.45, 2.75) is 19.4 Å². The molecule has 10 nitrogen and oxygen atoms in total. The first-order valence-corrected chi connectivity index (χ1v) is 12.0. The number of para-hydroxylation sites is 2. The second-order valence-electron chi connectivity index (χ2n) is 8.89. The number of piperazine rings is 1. The van der Waals surface area contributed by atoms with Crippen LogP contribution in [-0.4, -0.2) is 89.3 Å². The zero-order valence-electron chi connectivity index (χ0n) is 20.7. The average Bonchev–Trinajstić information content (AvgIpc) is 2.90. The van der Waals surface area contributed by atoms with Gasteiger partial charge in [-0.15, -0.1) is 0 Å². The molecule has 2 aliphatic rings. The lowest BCUT2D eigenvalue weighted by Gasteiger charge is -2.39. The van der Waals surface area contributed by atoms with Crippen molar-refractivity contribution in [1.29, 1.82) is 0 Å². The van der Waals surface area contributed by atoms with Gasteiger partial charge >= 0.3 is 11.9 Å². The van der Waals surface area contributed by atoms with Crippen molar-refractivity contribution < 1.29 is 38.8 Å². The minimum absolute atomic E-state index is 0.0372. The largest absolute Gasteiger partial charge is 0.504 e. The van der Waals surface area contributed by atoms with E-state index < -0.39 is 11.9 Å². The number of ether oxygens (including phenoxy) is 1. The number of anilines is 1. The minimum atomic E-state index is -1.82. The van der Waals surface area contributed by atoms with E-state index in [9.17, 15) is 14.3 Å². The normalized spacial score (nSPS) is 16.5. The smallest absolute Gasteiger partial charge is 0.414 e. The number of amides is 1. The summed E-state index contributed by atoms with van der Waals surface area (Å²) < 4.78 is 19.2. The monoisotopic (exact) mass is 517 g/mol. The third-order valence-electron chi connectivity index (χ3n) is 6.60. The molecule has 1 amide bonds. The number of aromatic hydroxyl groups is 1. The molecule has 2 saturated heterocycles. The first-order valence-electron chi connectivity index (χ1n) is 12.0. The van der Waals surface area contributed by atoms with Crippen LogP contribution in [-0.2, 0) is 20.9 Å². The molecule has 0 spiro atoms. The second kappa shape index (κ2) is 12.9. The maximum absolute atomic E-state index is 14.0. The van der Waals surface area contributed by atoms with E-state index >= 15 is 0 Å². The minimum Gasteiger partial charge on any atom is -0.504 e. The highest BCUT2D eigenvalue weighted by atomic mass is 19.1. The Labute approximate surface area is 214 Å². The SMILES string of the molecule is COc1cccc(CN2CCC(C(=O)N3CCN(c4ccccc4F)CC3)CC2)c1O.O=C(O)C(=O)O. The number of nitrogens with zero attached hydrogens (tertiary/aromatic N) is 3. The molecule has 2 aromatic rings. The van der Waals surface area contributed by atoms with E-state index in [1.54, 1.807) is 25.3 Å². The molecular formula is C26H32FN3O7. The molecule has 37 heavy (non-hydrogen) atoms. The highest BCUT2D eigenvalue weighted by Gasteiger charge is 2.31. The number of piperidine rings is 1. The van der Waals surface area contributed by atoms with Crippen molar-refractivity contribution in [1.82, 2.24) is 9.80 Å². The number of methoxy groups -OCH3 is 1. The molecule has 3 N–H and O–H groups in total. The van der Waals surface area contributed by atoms with Gasteiger partial charge in [0.25, 0.3) is 0 Å². The van der Waals surface area contributed by atoms with Crippen LogP contribution in [0.5, 0.6) is 11.5 Å². The Bertz CT molecular complexity index is 1090. The van der Waals surface area contributed by atoms with E-state index in [1.165, 1.54) is 6.07 Å². The van der Waals surface area contributed by atoms with E-state index in [0.29, 0.717) is 44.2 Å². The fraction of sp³-hybridized carbons (Fsp3) is 0.423. The highest BCUT2D eigenvalue weighted by Crippen LogP contribution is 2.31. The molecule has 0 atom stereocenters. The molecule has 2 heterocycles. The van der Waals surface area contributed by atoms with Crippen LogP contribution < -0.4 is 9.64 Å². The summed E-state index contributed by atoms with van der Waals surface area (Å²) in [4.78, 5) is 37.4. The zero-order chi connectivity index (χ0) is 26.9. The zero-order valence-corrected chi connectivity index (χ0v) is 20.7. The van der Waals surface area contributed by atoms with Crippen molar-refractivity contribution in [2.75, 3.05) is 51.3 Å². The van der Waals surface area contributed by atoms with Crippen molar-refractivity contribution in [2.24, 2.45) is 5.92 Å². The molecule has 0 radical (unpaired) electrons. The number of aliphatic carboxylic acids is 2. The van der Waals surface area contributed by atoms with Gasteiger partial charge in [-0.05, 0) is 44.1 Å².